The maximum Gasteiger partial charge on any atom is 0.252 e. The van der Waals surface area contributed by atoms with E-state index in [1.54, 1.807) is 20.8 Å². The highest BCUT2D eigenvalue weighted by molar-refractivity contribution is 5.54. The van der Waals surface area contributed by atoms with Crippen LogP contribution < -0.4 is 5.11 Å². The molecule has 0 aromatic carbocycles. The number of carbonyl (C=O) groups excluding carboxylic acids is 1. The number of ether oxygens (including phenoxy) is 10. The molecule has 4 rings (SSSR count). The van der Waals surface area contributed by atoms with Crippen LogP contribution in [0.1, 0.15) is 20.8 Å². The predicted octanol–water partition coefficient (Wildman–Crippen LogP) is -5.08. The van der Waals surface area contributed by atoms with Crippen LogP contribution in [0.3, 0.4) is 0 Å². The van der Waals surface area contributed by atoms with Crippen LogP contribution in [0.4, 0.5) is 4.79 Å². The monoisotopic (exact) mass is 787 g/mol. The fraction of sp³-hybridized carbons (Fsp3) is 0.971. The summed E-state index contributed by atoms with van der Waals surface area (Å²) in [5.74, 6) is -1.93. The zero-order valence-corrected chi connectivity index (χ0v) is 31.2. The Kier molecular flexibility index (Phi) is 17.5. The number of carboxylic acid groups (broad SMARTS) is 1. The first-order chi connectivity index (χ1) is 25.6. The summed E-state index contributed by atoms with van der Waals surface area (Å²) in [6.07, 6.45) is -20.5. The molecule has 0 aromatic rings. The Hall–Kier alpha value is -1.41. The third-order valence-corrected chi connectivity index (χ3v) is 10.9. The molecule has 0 saturated carbocycles. The minimum absolute atomic E-state index is 0.00576. The number of aliphatic hydroxyl groups is 8. The molecule has 316 valence electrons. The van der Waals surface area contributed by atoms with Crippen LogP contribution in [0.25, 0.3) is 0 Å². The summed E-state index contributed by atoms with van der Waals surface area (Å²) >= 11 is 0. The minimum atomic E-state index is -1.90. The van der Waals surface area contributed by atoms with Gasteiger partial charge in [0.2, 0.25) is 0 Å². The molecule has 20 atom stereocenters. The number of methoxy groups -OCH3 is 2. The van der Waals surface area contributed by atoms with E-state index >= 15 is 0 Å². The van der Waals surface area contributed by atoms with Gasteiger partial charge in [-0.15, -0.1) is 0 Å². The highest BCUT2D eigenvalue weighted by atomic mass is 16.7. The molecule has 0 aromatic heterocycles. The van der Waals surface area contributed by atoms with Crippen LogP contribution in [0.15, 0.2) is 0 Å². The average Bonchev–Trinajstić information content (AvgIpc) is 3.12. The summed E-state index contributed by atoms with van der Waals surface area (Å²) in [5.41, 5.74) is 0. The van der Waals surface area contributed by atoms with Crippen LogP contribution in [0.5, 0.6) is 0 Å². The predicted molar refractivity (Wildman–Crippen MR) is 177 cm³/mol. The molecule has 54 heavy (non-hydrogen) atoms. The Labute approximate surface area is 313 Å². The van der Waals surface area contributed by atoms with Gasteiger partial charge in [-0.25, -0.2) is 0 Å². The highest BCUT2D eigenvalue weighted by Crippen LogP contribution is 2.31. The fourth-order valence-corrected chi connectivity index (χ4v) is 7.57. The molecule has 20 heteroatoms. The lowest BCUT2D eigenvalue weighted by Gasteiger charge is -2.45. The molecule has 0 amide bonds. The number of aliphatic hydroxyl groups excluding tert-OH is 8. The van der Waals surface area contributed by atoms with Crippen molar-refractivity contribution in [1.29, 1.82) is 0 Å². The van der Waals surface area contributed by atoms with Crippen molar-refractivity contribution in [2.45, 2.75) is 125 Å². The Morgan fingerprint density at radius 3 is 1.13 bits per heavy atom. The van der Waals surface area contributed by atoms with Crippen LogP contribution in [-0.4, -0.2) is 218 Å². The van der Waals surface area contributed by atoms with Gasteiger partial charge in [0.05, 0.1) is 95.6 Å². The van der Waals surface area contributed by atoms with Crippen molar-refractivity contribution in [2.24, 2.45) is 17.8 Å². The zero-order valence-electron chi connectivity index (χ0n) is 31.2. The first-order valence-electron chi connectivity index (χ1n) is 18.3. The lowest BCUT2D eigenvalue weighted by atomic mass is 9.87. The minimum Gasteiger partial charge on any atom is -0.541 e. The second-order valence-electron chi connectivity index (χ2n) is 14.6. The molecular formula is C34H59O20-. The molecule has 20 nitrogen and oxygen atoms in total. The molecule has 4 saturated heterocycles. The Bertz CT molecular complexity index is 1120. The average molecular weight is 788 g/mol. The summed E-state index contributed by atoms with van der Waals surface area (Å²) in [7, 11) is 2.80. The van der Waals surface area contributed by atoms with Gasteiger partial charge in [-0.3, -0.25) is 0 Å². The van der Waals surface area contributed by atoms with E-state index in [0.717, 1.165) is 0 Å². The lowest BCUT2D eigenvalue weighted by molar-refractivity contribution is -0.311. The third kappa shape index (κ3) is 11.0. The second-order valence-corrected chi connectivity index (χ2v) is 14.6. The van der Waals surface area contributed by atoms with Crippen LogP contribution in [0, 0.1) is 17.8 Å². The van der Waals surface area contributed by atoms with Crippen molar-refractivity contribution in [1.82, 2.24) is 0 Å². The highest BCUT2D eigenvalue weighted by Gasteiger charge is 2.48. The van der Waals surface area contributed by atoms with Gasteiger partial charge in [-0.1, -0.05) is 0 Å². The molecule has 8 N–H and O–H groups in total. The fourth-order valence-electron chi connectivity index (χ4n) is 7.57. The maximum absolute atomic E-state index is 10.9. The van der Waals surface area contributed by atoms with Crippen molar-refractivity contribution in [2.75, 3.05) is 67.1 Å². The Balaban J connectivity index is 1.19. The summed E-state index contributed by atoms with van der Waals surface area (Å²) in [6, 6.07) is 0. The molecular weight excluding hydrogens is 728 g/mol. The number of rotatable bonds is 17. The Morgan fingerprint density at radius 2 is 0.778 bits per heavy atom. The van der Waals surface area contributed by atoms with E-state index in [-0.39, 0.29) is 52.9 Å². The molecule has 8 unspecified atom stereocenters. The SMILES string of the molecule is COCC1O[C@@H](COC[C@H]2C(C)O[C@@H](COC[C@H]3C(C)O[C@@H](COC[C@H]4C(C)O[C@@H](COC)C(O)[C@H]4O)C(O)[C@H]3O)C(O)[C@H]2O)C(O)[C@@H](O)[C@H]1OC(=O)[O-]. The molecule has 4 aliphatic heterocycles. The van der Waals surface area contributed by atoms with Crippen molar-refractivity contribution in [3.8, 4) is 0 Å². The maximum atomic E-state index is 10.9. The van der Waals surface area contributed by atoms with Crippen molar-refractivity contribution in [3.05, 3.63) is 0 Å². The third-order valence-electron chi connectivity index (χ3n) is 10.9. The summed E-state index contributed by atoms with van der Waals surface area (Å²) < 4.78 is 55.2. The quantitative estimate of drug-likeness (QED) is 0.0640. The van der Waals surface area contributed by atoms with E-state index in [9.17, 15) is 50.8 Å². The topological polar surface area (TPSA) is 294 Å². The number of carbonyl (C=O) groups is 1. The van der Waals surface area contributed by atoms with Gasteiger partial charge in [0.1, 0.15) is 61.0 Å². The van der Waals surface area contributed by atoms with Crippen molar-refractivity contribution < 1.29 is 98.1 Å². The van der Waals surface area contributed by atoms with Gasteiger partial charge in [0.25, 0.3) is 6.16 Å². The van der Waals surface area contributed by atoms with Crippen LogP contribution in [-0.2, 0) is 47.4 Å². The van der Waals surface area contributed by atoms with Gasteiger partial charge >= 0.3 is 0 Å². The van der Waals surface area contributed by atoms with E-state index in [1.807, 2.05) is 0 Å². The Morgan fingerprint density at radius 1 is 0.463 bits per heavy atom. The molecule has 0 spiro atoms. The van der Waals surface area contributed by atoms with E-state index in [0.29, 0.717) is 0 Å². The first-order valence-corrected chi connectivity index (χ1v) is 18.3. The molecule has 4 aliphatic rings. The van der Waals surface area contributed by atoms with Gasteiger partial charge in [0.15, 0.2) is 0 Å². The van der Waals surface area contributed by atoms with E-state index in [2.05, 4.69) is 4.74 Å². The van der Waals surface area contributed by atoms with Gasteiger partial charge in [-0.05, 0) is 20.8 Å². The first kappa shape index (κ1) is 45.3. The van der Waals surface area contributed by atoms with Crippen LogP contribution in [0.2, 0.25) is 0 Å². The smallest absolute Gasteiger partial charge is 0.252 e. The van der Waals surface area contributed by atoms with E-state index in [1.165, 1.54) is 14.2 Å². The van der Waals surface area contributed by atoms with Gasteiger partial charge in [0, 0.05) is 32.0 Å². The zero-order chi connectivity index (χ0) is 39.9. The van der Waals surface area contributed by atoms with Crippen LogP contribution >= 0.6 is 0 Å². The number of hydrogen-bond donors (Lipinski definition) is 8. The van der Waals surface area contributed by atoms with Crippen molar-refractivity contribution >= 4 is 6.16 Å². The molecule has 0 radical (unpaired) electrons. The van der Waals surface area contributed by atoms with Gasteiger partial charge in [-0.2, -0.15) is 0 Å². The summed E-state index contributed by atoms with van der Waals surface area (Å²) in [6.45, 7) is 4.36. The second kappa shape index (κ2) is 20.8. The molecule has 0 bridgehead atoms. The normalized spacial score (nSPS) is 45.9. The summed E-state index contributed by atoms with van der Waals surface area (Å²) in [5, 5.41) is 96.5. The van der Waals surface area contributed by atoms with Crippen molar-refractivity contribution in [3.63, 3.8) is 0 Å². The van der Waals surface area contributed by atoms with Gasteiger partial charge < -0.3 is 98.1 Å². The molecule has 4 heterocycles. The lowest BCUT2D eigenvalue weighted by Crippen LogP contribution is -2.61. The molecule has 0 aliphatic carbocycles. The largest absolute Gasteiger partial charge is 0.541 e. The molecule has 4 fully saturated rings. The summed E-state index contributed by atoms with van der Waals surface area (Å²) in [4.78, 5) is 10.9. The standard InChI is InChI=1S/C34H60O20/c1-14-17(25(35)28(38)20(50-14)9-45-4)6-47-11-21-29(39)26(36)18(15(2)51-21)7-48-12-22-30(40)27(37)19(16(3)52-22)8-49-13-23-31(41)32(42)33(54-34(43)44)24(53-23)10-46-5/h14-33,35-42H,6-13H2,1-5H3,(H,43,44)/p-1/t14?,15?,16?,17-,18-,19-,20-,21-,22-,23-,24?,25-,26-,27-,28?,29?,30?,31?,32+,33-/m0/s1. The van der Waals surface area contributed by atoms with E-state index < -0.39 is 128 Å². The number of hydrogen-bond acceptors (Lipinski definition) is 20. The van der Waals surface area contributed by atoms with E-state index in [4.69, 9.17) is 42.6 Å².